The van der Waals surface area contributed by atoms with Crippen LogP contribution in [0.1, 0.15) is 30.0 Å². The van der Waals surface area contributed by atoms with E-state index in [1.165, 1.54) is 12.1 Å². The smallest absolute Gasteiger partial charge is 0.418 e. The standard InChI is InChI=1S/C29H24F4N2O4/c1-18(29(31,32)33)34(16-19-7-10-23(30)11-8-19)25(36)17-35-26(37)28(39-27(35)38)14-13-22-15-21(9-12-24(22)28)20-5-3-2-4-6-20/h2-12,15,18H,13-14,16-17H2,1H3/t18-,28-/m0/s1. The van der Waals surface area contributed by atoms with Crippen LogP contribution in [0.15, 0.2) is 72.8 Å². The number of amides is 3. The van der Waals surface area contributed by atoms with Gasteiger partial charge in [-0.15, -0.1) is 0 Å². The lowest BCUT2D eigenvalue weighted by Gasteiger charge is -2.31. The summed E-state index contributed by atoms with van der Waals surface area (Å²) in [5, 5.41) is 0. The summed E-state index contributed by atoms with van der Waals surface area (Å²) in [6.07, 6.45) is -5.25. The summed E-state index contributed by atoms with van der Waals surface area (Å²) in [7, 11) is 0. The second-order valence-corrected chi connectivity index (χ2v) is 9.69. The molecular weight excluding hydrogens is 516 g/mol. The number of aryl methyl sites for hydroxylation is 1. The Bertz CT molecular complexity index is 1430. The zero-order valence-corrected chi connectivity index (χ0v) is 20.9. The molecule has 39 heavy (non-hydrogen) atoms. The van der Waals surface area contributed by atoms with E-state index in [1.807, 2.05) is 42.5 Å². The van der Waals surface area contributed by atoms with Gasteiger partial charge in [0.25, 0.3) is 5.91 Å². The molecule has 0 unspecified atom stereocenters. The van der Waals surface area contributed by atoms with E-state index in [2.05, 4.69) is 0 Å². The van der Waals surface area contributed by atoms with Gasteiger partial charge in [0.05, 0.1) is 0 Å². The van der Waals surface area contributed by atoms with Crippen LogP contribution in [0.2, 0.25) is 0 Å². The van der Waals surface area contributed by atoms with Crippen molar-refractivity contribution < 1.29 is 36.7 Å². The molecule has 1 spiro atoms. The number of halogens is 4. The van der Waals surface area contributed by atoms with Crippen LogP contribution in [0.25, 0.3) is 11.1 Å². The maximum Gasteiger partial charge on any atom is 0.418 e. The molecule has 1 fully saturated rings. The highest BCUT2D eigenvalue weighted by atomic mass is 19.4. The van der Waals surface area contributed by atoms with Crippen LogP contribution in [0.5, 0.6) is 0 Å². The highest BCUT2D eigenvalue weighted by molar-refractivity contribution is 6.06. The van der Waals surface area contributed by atoms with Crippen molar-refractivity contribution in [2.24, 2.45) is 0 Å². The van der Waals surface area contributed by atoms with Crippen LogP contribution in [0, 0.1) is 5.82 Å². The van der Waals surface area contributed by atoms with Gasteiger partial charge in [-0.25, -0.2) is 14.1 Å². The van der Waals surface area contributed by atoms with Crippen molar-refractivity contribution in [3.63, 3.8) is 0 Å². The minimum atomic E-state index is -4.77. The third-order valence-corrected chi connectivity index (χ3v) is 7.29. The van der Waals surface area contributed by atoms with Crippen molar-refractivity contribution in [3.05, 3.63) is 95.3 Å². The number of alkyl halides is 3. The molecule has 2 aliphatic rings. The fourth-order valence-electron chi connectivity index (χ4n) is 5.09. The Hall–Kier alpha value is -4.21. The van der Waals surface area contributed by atoms with Crippen LogP contribution in [0.3, 0.4) is 0 Å². The first-order valence-corrected chi connectivity index (χ1v) is 12.3. The molecule has 0 radical (unpaired) electrons. The third kappa shape index (κ3) is 4.86. The summed E-state index contributed by atoms with van der Waals surface area (Å²) in [5.41, 5.74) is 1.85. The molecule has 0 aromatic heterocycles. The number of fused-ring (bicyclic) bond motifs is 2. The predicted octanol–water partition coefficient (Wildman–Crippen LogP) is 5.59. The van der Waals surface area contributed by atoms with Gasteiger partial charge in [-0.05, 0) is 47.7 Å². The Labute approximate surface area is 221 Å². The van der Waals surface area contributed by atoms with Crippen molar-refractivity contribution in [2.75, 3.05) is 6.54 Å². The highest BCUT2D eigenvalue weighted by Crippen LogP contribution is 2.46. The van der Waals surface area contributed by atoms with E-state index in [0.29, 0.717) is 21.8 Å². The van der Waals surface area contributed by atoms with E-state index in [0.717, 1.165) is 35.7 Å². The summed E-state index contributed by atoms with van der Waals surface area (Å²) in [6.45, 7) is -0.601. The molecule has 2 atom stereocenters. The summed E-state index contributed by atoms with van der Waals surface area (Å²) in [4.78, 5) is 40.6. The molecule has 3 aromatic rings. The molecule has 202 valence electrons. The number of carbonyl (C=O) groups is 3. The monoisotopic (exact) mass is 540 g/mol. The maximum atomic E-state index is 13.6. The largest absolute Gasteiger partial charge is 0.427 e. The van der Waals surface area contributed by atoms with Gasteiger partial charge in [0.15, 0.2) is 0 Å². The molecule has 1 saturated heterocycles. The van der Waals surface area contributed by atoms with Crippen molar-refractivity contribution in [3.8, 4) is 11.1 Å². The number of ether oxygens (including phenoxy) is 1. The fourth-order valence-corrected chi connectivity index (χ4v) is 5.09. The Balaban J connectivity index is 1.39. The summed E-state index contributed by atoms with van der Waals surface area (Å²) >= 11 is 0. The first-order chi connectivity index (χ1) is 18.5. The molecule has 5 rings (SSSR count). The van der Waals surface area contributed by atoms with Gasteiger partial charge in [-0.1, -0.05) is 60.7 Å². The van der Waals surface area contributed by atoms with Crippen molar-refractivity contribution in [1.29, 1.82) is 0 Å². The summed E-state index contributed by atoms with van der Waals surface area (Å²) < 4.78 is 59.7. The van der Waals surface area contributed by atoms with Gasteiger partial charge in [-0.3, -0.25) is 9.59 Å². The number of nitrogens with zero attached hydrogens (tertiary/aromatic N) is 2. The van der Waals surface area contributed by atoms with E-state index in [1.54, 1.807) is 6.07 Å². The second kappa shape index (κ2) is 9.83. The minimum absolute atomic E-state index is 0.161. The molecule has 1 aliphatic heterocycles. The fraction of sp³-hybridized carbons (Fsp3) is 0.276. The quantitative estimate of drug-likeness (QED) is 0.382. The van der Waals surface area contributed by atoms with Crippen molar-refractivity contribution >= 4 is 17.9 Å². The van der Waals surface area contributed by atoms with Gasteiger partial charge in [-0.2, -0.15) is 13.2 Å². The molecule has 0 bridgehead atoms. The lowest BCUT2D eigenvalue weighted by Crippen LogP contribution is -2.51. The Morgan fingerprint density at radius 1 is 1.03 bits per heavy atom. The summed E-state index contributed by atoms with van der Waals surface area (Å²) in [5.74, 6) is -2.46. The van der Waals surface area contributed by atoms with Gasteiger partial charge < -0.3 is 9.64 Å². The van der Waals surface area contributed by atoms with Crippen LogP contribution in [0.4, 0.5) is 22.4 Å². The Kier molecular flexibility index (Phi) is 6.65. The molecule has 1 aliphatic carbocycles. The molecule has 0 N–H and O–H groups in total. The van der Waals surface area contributed by atoms with Crippen molar-refractivity contribution in [1.82, 2.24) is 9.80 Å². The second-order valence-electron chi connectivity index (χ2n) is 9.69. The van der Waals surface area contributed by atoms with Crippen LogP contribution in [-0.2, 0) is 32.9 Å². The lowest BCUT2D eigenvalue weighted by molar-refractivity contribution is -0.187. The van der Waals surface area contributed by atoms with Gasteiger partial charge in [0.1, 0.15) is 18.4 Å². The average molecular weight is 541 g/mol. The number of rotatable bonds is 6. The number of carbonyl (C=O) groups excluding carboxylic acids is 3. The lowest BCUT2D eigenvalue weighted by atomic mass is 9.93. The number of hydrogen-bond acceptors (Lipinski definition) is 4. The van der Waals surface area contributed by atoms with E-state index >= 15 is 0 Å². The van der Waals surface area contributed by atoms with E-state index in [4.69, 9.17) is 4.74 Å². The first kappa shape index (κ1) is 26.4. The van der Waals surface area contributed by atoms with Gasteiger partial charge in [0, 0.05) is 18.5 Å². The zero-order chi connectivity index (χ0) is 27.9. The first-order valence-electron chi connectivity index (χ1n) is 12.3. The van der Waals surface area contributed by atoms with Gasteiger partial charge in [0.2, 0.25) is 11.5 Å². The van der Waals surface area contributed by atoms with Crippen LogP contribution < -0.4 is 0 Å². The molecule has 3 amide bonds. The molecule has 6 nitrogen and oxygen atoms in total. The van der Waals surface area contributed by atoms with Crippen LogP contribution >= 0.6 is 0 Å². The van der Waals surface area contributed by atoms with Crippen molar-refractivity contribution in [2.45, 2.75) is 44.1 Å². The Morgan fingerprint density at radius 3 is 2.38 bits per heavy atom. The number of imide groups is 1. The minimum Gasteiger partial charge on any atom is -0.427 e. The molecule has 1 heterocycles. The zero-order valence-electron chi connectivity index (χ0n) is 20.9. The average Bonchev–Trinajstić information content (AvgIpc) is 3.39. The SMILES string of the molecule is C[C@H](N(Cc1ccc(F)cc1)C(=O)CN1C(=O)O[C@]2(CCc3cc(-c4ccccc4)ccc32)C1=O)C(F)(F)F. The molecule has 10 heteroatoms. The molecule has 3 aromatic carbocycles. The molecular formula is C29H24F4N2O4. The summed E-state index contributed by atoms with van der Waals surface area (Å²) in [6, 6.07) is 17.5. The molecule has 0 saturated carbocycles. The predicted molar refractivity (Wildman–Crippen MR) is 133 cm³/mol. The van der Waals surface area contributed by atoms with Crippen LogP contribution in [-0.4, -0.2) is 46.5 Å². The van der Waals surface area contributed by atoms with E-state index in [-0.39, 0.29) is 12.0 Å². The normalized spacial score (nSPS) is 19.3. The number of hydrogen-bond donors (Lipinski definition) is 0. The van der Waals surface area contributed by atoms with Gasteiger partial charge >= 0.3 is 12.3 Å². The topological polar surface area (TPSA) is 66.9 Å². The van der Waals surface area contributed by atoms with E-state index < -0.39 is 54.6 Å². The third-order valence-electron chi connectivity index (χ3n) is 7.29. The highest BCUT2D eigenvalue weighted by Gasteiger charge is 2.58. The van der Waals surface area contributed by atoms with E-state index in [9.17, 15) is 31.9 Å². The Morgan fingerprint density at radius 2 is 1.72 bits per heavy atom. The number of benzene rings is 3. The maximum absolute atomic E-state index is 13.6.